The van der Waals surface area contributed by atoms with Crippen LogP contribution in [0.5, 0.6) is 0 Å². The predicted molar refractivity (Wildman–Crippen MR) is 94.5 cm³/mol. The summed E-state index contributed by atoms with van der Waals surface area (Å²) in [6, 6.07) is 6.90. The first-order chi connectivity index (χ1) is 11.6. The molecule has 2 amide bonds. The Labute approximate surface area is 149 Å². The summed E-state index contributed by atoms with van der Waals surface area (Å²) in [7, 11) is 1.58. The lowest BCUT2D eigenvalue weighted by molar-refractivity contribution is -0.116. The van der Waals surface area contributed by atoms with Gasteiger partial charge in [-0.15, -0.1) is 11.3 Å². The molecule has 2 aromatic rings. The molecule has 0 aliphatic rings. The number of carbonyl (C=O) groups is 2. The van der Waals surface area contributed by atoms with Crippen molar-refractivity contribution in [3.05, 3.63) is 45.4 Å². The molecule has 1 aromatic carbocycles. The minimum atomic E-state index is -0.244. The summed E-state index contributed by atoms with van der Waals surface area (Å²) < 4.78 is 4.97. The van der Waals surface area contributed by atoms with Crippen LogP contribution in [-0.2, 0) is 16.1 Å². The average molecular weight is 368 g/mol. The number of nitrogens with one attached hydrogen (secondary N) is 2. The summed E-state index contributed by atoms with van der Waals surface area (Å²) in [5, 5.41) is 8.58. The predicted octanol–water partition coefficient (Wildman–Crippen LogP) is 3.09. The molecular formula is C16H18ClN3O3S. The van der Waals surface area contributed by atoms with Gasteiger partial charge in [0.1, 0.15) is 10.7 Å². The maximum Gasteiger partial charge on any atom is 0.270 e. The molecular weight excluding hydrogens is 350 g/mol. The van der Waals surface area contributed by atoms with Gasteiger partial charge in [0.05, 0.1) is 6.61 Å². The first-order valence-corrected chi connectivity index (χ1v) is 8.61. The van der Waals surface area contributed by atoms with Gasteiger partial charge in [-0.25, -0.2) is 4.98 Å². The minimum Gasteiger partial charge on any atom is -0.378 e. The number of hydrogen-bond donors (Lipinski definition) is 2. The Morgan fingerprint density at radius 1 is 1.29 bits per heavy atom. The van der Waals surface area contributed by atoms with Crippen LogP contribution in [0.1, 0.15) is 28.3 Å². The monoisotopic (exact) mass is 367 g/mol. The fourth-order valence-electron chi connectivity index (χ4n) is 1.90. The minimum absolute atomic E-state index is 0.109. The topological polar surface area (TPSA) is 80.3 Å². The Morgan fingerprint density at radius 3 is 2.75 bits per heavy atom. The van der Waals surface area contributed by atoms with Crippen molar-refractivity contribution in [1.29, 1.82) is 0 Å². The van der Waals surface area contributed by atoms with Gasteiger partial charge >= 0.3 is 0 Å². The van der Waals surface area contributed by atoms with Gasteiger partial charge in [-0.3, -0.25) is 9.59 Å². The van der Waals surface area contributed by atoms with Crippen molar-refractivity contribution in [1.82, 2.24) is 10.3 Å². The molecule has 0 fully saturated rings. The van der Waals surface area contributed by atoms with E-state index < -0.39 is 0 Å². The summed E-state index contributed by atoms with van der Waals surface area (Å²) in [6.07, 6.45) is 0.856. The van der Waals surface area contributed by atoms with Crippen LogP contribution >= 0.6 is 22.9 Å². The summed E-state index contributed by atoms with van der Waals surface area (Å²) >= 11 is 7.16. The zero-order chi connectivity index (χ0) is 17.4. The molecule has 0 saturated heterocycles. The highest BCUT2D eigenvalue weighted by Gasteiger charge is 2.10. The second-order valence-corrected chi connectivity index (χ2v) is 6.35. The first-order valence-electron chi connectivity index (χ1n) is 7.35. The van der Waals surface area contributed by atoms with E-state index >= 15 is 0 Å². The van der Waals surface area contributed by atoms with E-state index in [4.69, 9.17) is 16.3 Å². The number of methoxy groups -OCH3 is 1. The quantitative estimate of drug-likeness (QED) is 0.702. The fourth-order valence-corrected chi connectivity index (χ4v) is 2.77. The van der Waals surface area contributed by atoms with Crippen molar-refractivity contribution in [2.45, 2.75) is 19.4 Å². The van der Waals surface area contributed by atoms with Crippen LogP contribution in [0.3, 0.4) is 0 Å². The molecule has 0 atom stereocenters. The van der Waals surface area contributed by atoms with Gasteiger partial charge in [0, 0.05) is 36.2 Å². The number of carbonyl (C=O) groups excluding carboxylic acids is 2. The standard InChI is InChI=1S/C16H18ClN3O3S/c1-23-9-15-20-13(10-24-15)16(22)18-8-2-3-14(21)19-12-6-4-11(17)5-7-12/h4-7,10H,2-3,8-9H2,1H3,(H,18,22)(H,19,21). The molecule has 0 unspecified atom stereocenters. The number of anilines is 1. The van der Waals surface area contributed by atoms with Crippen LogP contribution in [0.2, 0.25) is 5.02 Å². The molecule has 0 bridgehead atoms. The highest BCUT2D eigenvalue weighted by atomic mass is 35.5. The Bertz CT molecular complexity index is 688. The molecule has 2 rings (SSSR count). The van der Waals surface area contributed by atoms with Crippen LogP contribution in [0.15, 0.2) is 29.6 Å². The first kappa shape index (κ1) is 18.4. The second kappa shape index (κ2) is 9.36. The van der Waals surface area contributed by atoms with Crippen LogP contribution in [0, 0.1) is 0 Å². The number of aromatic nitrogens is 1. The highest BCUT2D eigenvalue weighted by Crippen LogP contribution is 2.14. The highest BCUT2D eigenvalue weighted by molar-refractivity contribution is 7.09. The van der Waals surface area contributed by atoms with E-state index in [9.17, 15) is 9.59 Å². The van der Waals surface area contributed by atoms with E-state index in [1.54, 1.807) is 36.8 Å². The molecule has 0 aliphatic heterocycles. The lowest BCUT2D eigenvalue weighted by Crippen LogP contribution is -2.25. The van der Waals surface area contributed by atoms with Crippen molar-refractivity contribution in [2.24, 2.45) is 0 Å². The van der Waals surface area contributed by atoms with Gasteiger partial charge in [-0.05, 0) is 30.7 Å². The molecule has 0 radical (unpaired) electrons. The molecule has 1 heterocycles. The zero-order valence-electron chi connectivity index (χ0n) is 13.2. The van der Waals surface area contributed by atoms with Crippen molar-refractivity contribution in [2.75, 3.05) is 19.0 Å². The van der Waals surface area contributed by atoms with Crippen LogP contribution in [-0.4, -0.2) is 30.5 Å². The summed E-state index contributed by atoms with van der Waals surface area (Å²) in [6.45, 7) is 0.798. The Kier molecular flexibility index (Phi) is 7.17. The molecule has 0 saturated carbocycles. The van der Waals surface area contributed by atoms with Crippen molar-refractivity contribution in [3.8, 4) is 0 Å². The summed E-state index contributed by atoms with van der Waals surface area (Å²) in [5.41, 5.74) is 1.07. The number of rotatable bonds is 8. The van der Waals surface area contributed by atoms with Crippen LogP contribution in [0.25, 0.3) is 0 Å². The second-order valence-electron chi connectivity index (χ2n) is 4.97. The van der Waals surface area contributed by atoms with E-state index in [1.807, 2.05) is 0 Å². The van der Waals surface area contributed by atoms with E-state index in [-0.39, 0.29) is 11.8 Å². The number of benzene rings is 1. The SMILES string of the molecule is COCc1nc(C(=O)NCCCC(=O)Nc2ccc(Cl)cc2)cs1. The normalized spacial score (nSPS) is 10.4. The molecule has 1 aromatic heterocycles. The zero-order valence-corrected chi connectivity index (χ0v) is 14.7. The Balaban J connectivity index is 1.67. The number of thiazole rings is 1. The Morgan fingerprint density at radius 2 is 2.04 bits per heavy atom. The molecule has 24 heavy (non-hydrogen) atoms. The summed E-state index contributed by atoms with van der Waals surface area (Å²) in [5.74, 6) is -0.352. The smallest absolute Gasteiger partial charge is 0.270 e. The summed E-state index contributed by atoms with van der Waals surface area (Å²) in [4.78, 5) is 27.9. The third kappa shape index (κ3) is 5.92. The van der Waals surface area contributed by atoms with E-state index in [2.05, 4.69) is 15.6 Å². The third-order valence-electron chi connectivity index (χ3n) is 3.05. The van der Waals surface area contributed by atoms with Gasteiger partial charge in [0.2, 0.25) is 5.91 Å². The van der Waals surface area contributed by atoms with Gasteiger partial charge in [0.15, 0.2) is 0 Å². The molecule has 6 nitrogen and oxygen atoms in total. The number of halogens is 1. The molecule has 8 heteroatoms. The van der Waals surface area contributed by atoms with Crippen LogP contribution in [0.4, 0.5) is 5.69 Å². The van der Waals surface area contributed by atoms with Gasteiger partial charge in [-0.1, -0.05) is 11.6 Å². The lowest BCUT2D eigenvalue weighted by Gasteiger charge is -2.06. The molecule has 128 valence electrons. The van der Waals surface area contributed by atoms with E-state index in [0.717, 1.165) is 5.01 Å². The largest absolute Gasteiger partial charge is 0.378 e. The van der Waals surface area contributed by atoms with E-state index in [0.29, 0.717) is 42.4 Å². The van der Waals surface area contributed by atoms with Gasteiger partial charge in [-0.2, -0.15) is 0 Å². The van der Waals surface area contributed by atoms with E-state index in [1.165, 1.54) is 11.3 Å². The number of nitrogens with zero attached hydrogens (tertiary/aromatic N) is 1. The van der Waals surface area contributed by atoms with Crippen molar-refractivity contribution in [3.63, 3.8) is 0 Å². The van der Waals surface area contributed by atoms with Crippen molar-refractivity contribution < 1.29 is 14.3 Å². The number of ether oxygens (including phenoxy) is 1. The average Bonchev–Trinajstić information content (AvgIpc) is 3.03. The lowest BCUT2D eigenvalue weighted by atomic mass is 10.2. The number of hydrogen-bond acceptors (Lipinski definition) is 5. The molecule has 2 N–H and O–H groups in total. The van der Waals surface area contributed by atoms with Gasteiger partial charge in [0.25, 0.3) is 5.91 Å². The maximum atomic E-state index is 11.9. The van der Waals surface area contributed by atoms with Crippen molar-refractivity contribution >= 4 is 40.4 Å². The third-order valence-corrected chi connectivity index (χ3v) is 4.12. The molecule has 0 spiro atoms. The Hall–Kier alpha value is -1.96. The molecule has 0 aliphatic carbocycles. The maximum absolute atomic E-state index is 11.9. The van der Waals surface area contributed by atoms with Gasteiger partial charge < -0.3 is 15.4 Å². The number of amides is 2. The van der Waals surface area contributed by atoms with Crippen LogP contribution < -0.4 is 10.6 Å². The fraction of sp³-hybridized carbons (Fsp3) is 0.312.